The summed E-state index contributed by atoms with van der Waals surface area (Å²) in [6.45, 7) is 4.81. The number of amides is 1. The lowest BCUT2D eigenvalue weighted by Gasteiger charge is -2.24. The van der Waals surface area contributed by atoms with Gasteiger partial charge in [0.2, 0.25) is 0 Å². The lowest BCUT2D eigenvalue weighted by molar-refractivity contribution is 0.0987. The van der Waals surface area contributed by atoms with Crippen LogP contribution >= 0.6 is 11.6 Å². The number of anilines is 1. The topological polar surface area (TPSA) is 33.2 Å². The number of pyridine rings is 1. The van der Waals surface area contributed by atoms with E-state index in [-0.39, 0.29) is 5.91 Å². The number of carbonyl (C=O) groups is 1. The summed E-state index contributed by atoms with van der Waals surface area (Å²) in [5.41, 5.74) is 5.79. The Morgan fingerprint density at radius 3 is 2.78 bits per heavy atom. The molecule has 0 saturated heterocycles. The summed E-state index contributed by atoms with van der Waals surface area (Å²) in [5.74, 6) is 0.00599. The van der Waals surface area contributed by atoms with E-state index >= 15 is 0 Å². The number of para-hydroxylation sites is 1. The number of benzene rings is 2. The van der Waals surface area contributed by atoms with Crippen LogP contribution in [-0.4, -0.2) is 17.4 Å². The Morgan fingerprint density at radius 1 is 1.19 bits per heavy atom. The molecule has 0 fully saturated rings. The first-order valence-electron chi connectivity index (χ1n) is 9.58. The van der Waals surface area contributed by atoms with Gasteiger partial charge in [0.05, 0.1) is 10.5 Å². The Morgan fingerprint density at radius 2 is 2.00 bits per heavy atom. The molecule has 1 aliphatic carbocycles. The van der Waals surface area contributed by atoms with Crippen molar-refractivity contribution in [3.63, 3.8) is 0 Å². The van der Waals surface area contributed by atoms with Crippen LogP contribution in [0.2, 0.25) is 5.02 Å². The Balaban J connectivity index is 1.77. The highest BCUT2D eigenvalue weighted by Crippen LogP contribution is 2.34. The highest BCUT2D eigenvalue weighted by Gasteiger charge is 2.22. The largest absolute Gasteiger partial charge is 0.308 e. The van der Waals surface area contributed by atoms with Gasteiger partial charge in [-0.3, -0.25) is 9.78 Å². The minimum absolute atomic E-state index is 0.00599. The second-order valence-corrected chi connectivity index (χ2v) is 7.56. The maximum Gasteiger partial charge on any atom is 0.258 e. The molecule has 1 heterocycles. The summed E-state index contributed by atoms with van der Waals surface area (Å²) >= 11 is 6.61. The predicted octanol–water partition coefficient (Wildman–Crippen LogP) is 5.74. The van der Waals surface area contributed by atoms with E-state index in [4.69, 9.17) is 16.6 Å². The lowest BCUT2D eigenvalue weighted by atomic mass is 10.1. The number of hydrogen-bond donors (Lipinski definition) is 0. The molecule has 0 aliphatic heterocycles. The molecule has 138 valence electrons. The molecule has 3 nitrogen and oxygen atoms in total. The Bertz CT molecular complexity index is 1030. The first-order chi connectivity index (χ1) is 13.1. The molecule has 0 radical (unpaired) electrons. The van der Waals surface area contributed by atoms with Crippen LogP contribution in [0.4, 0.5) is 5.69 Å². The second kappa shape index (κ2) is 7.32. The van der Waals surface area contributed by atoms with Crippen molar-refractivity contribution in [3.8, 4) is 0 Å². The molecule has 4 rings (SSSR count). The van der Waals surface area contributed by atoms with Gasteiger partial charge in [0.25, 0.3) is 5.91 Å². The SMILES string of the molecule is CCCN(C(=O)c1ccc2c(Cl)c3c(nc2c1)CCC3)c1ccccc1C. The molecule has 1 amide bonds. The molecule has 0 unspecified atom stereocenters. The van der Waals surface area contributed by atoms with Crippen molar-refractivity contribution in [1.82, 2.24) is 4.98 Å². The van der Waals surface area contributed by atoms with Gasteiger partial charge < -0.3 is 4.90 Å². The van der Waals surface area contributed by atoms with E-state index in [1.807, 2.05) is 54.3 Å². The maximum atomic E-state index is 13.3. The van der Waals surface area contributed by atoms with Gasteiger partial charge in [-0.15, -0.1) is 0 Å². The molecule has 1 aromatic heterocycles. The lowest BCUT2D eigenvalue weighted by Crippen LogP contribution is -2.32. The molecule has 2 aromatic carbocycles. The highest BCUT2D eigenvalue weighted by atomic mass is 35.5. The van der Waals surface area contributed by atoms with E-state index in [0.717, 1.165) is 58.6 Å². The average molecular weight is 379 g/mol. The quantitative estimate of drug-likeness (QED) is 0.579. The van der Waals surface area contributed by atoms with E-state index in [0.29, 0.717) is 12.1 Å². The molecule has 0 bridgehead atoms. The monoisotopic (exact) mass is 378 g/mol. The fourth-order valence-electron chi connectivity index (χ4n) is 3.92. The number of nitrogens with zero attached hydrogens (tertiary/aromatic N) is 2. The van der Waals surface area contributed by atoms with Crippen molar-refractivity contribution in [2.45, 2.75) is 39.5 Å². The molecule has 0 N–H and O–H groups in total. The number of hydrogen-bond acceptors (Lipinski definition) is 2. The molecule has 27 heavy (non-hydrogen) atoms. The summed E-state index contributed by atoms with van der Waals surface area (Å²) in [7, 11) is 0. The van der Waals surface area contributed by atoms with E-state index in [1.165, 1.54) is 5.56 Å². The smallest absolute Gasteiger partial charge is 0.258 e. The van der Waals surface area contributed by atoms with E-state index in [1.54, 1.807) is 0 Å². The van der Waals surface area contributed by atoms with Crippen LogP contribution in [0.1, 0.15) is 46.9 Å². The zero-order valence-corrected chi connectivity index (χ0v) is 16.5. The zero-order valence-electron chi connectivity index (χ0n) is 15.8. The minimum atomic E-state index is 0.00599. The molecule has 4 heteroatoms. The van der Waals surface area contributed by atoms with Crippen LogP contribution in [-0.2, 0) is 12.8 Å². The van der Waals surface area contributed by atoms with Crippen LogP contribution < -0.4 is 4.90 Å². The van der Waals surface area contributed by atoms with Gasteiger partial charge >= 0.3 is 0 Å². The predicted molar refractivity (Wildman–Crippen MR) is 112 cm³/mol. The standard InChI is InChI=1S/C23H23ClN2O/c1-3-13-26(21-10-5-4-7-15(21)2)23(27)16-11-12-18-20(14-16)25-19-9-6-8-17(19)22(18)24/h4-5,7,10-12,14H,3,6,8-9,13H2,1-2H3. The highest BCUT2D eigenvalue weighted by molar-refractivity contribution is 6.36. The van der Waals surface area contributed by atoms with Crippen molar-refractivity contribution in [3.05, 3.63) is 69.9 Å². The van der Waals surface area contributed by atoms with Crippen molar-refractivity contribution in [2.24, 2.45) is 0 Å². The summed E-state index contributed by atoms with van der Waals surface area (Å²) < 4.78 is 0. The third-order valence-electron chi connectivity index (χ3n) is 5.29. The van der Waals surface area contributed by atoms with Crippen molar-refractivity contribution < 1.29 is 4.79 Å². The first-order valence-corrected chi connectivity index (χ1v) is 9.96. The summed E-state index contributed by atoms with van der Waals surface area (Å²) in [6.07, 6.45) is 3.96. The number of carbonyl (C=O) groups excluding carboxylic acids is 1. The van der Waals surface area contributed by atoms with Crippen molar-refractivity contribution in [2.75, 3.05) is 11.4 Å². The molecule has 0 saturated carbocycles. The molecule has 3 aromatic rings. The molecular formula is C23H23ClN2O. The van der Waals surface area contributed by atoms with E-state index in [9.17, 15) is 4.79 Å². The van der Waals surface area contributed by atoms with E-state index in [2.05, 4.69) is 6.92 Å². The molecule has 1 aliphatic rings. The fourth-order valence-corrected chi connectivity index (χ4v) is 4.28. The number of aryl methyl sites for hydroxylation is 2. The van der Waals surface area contributed by atoms with E-state index < -0.39 is 0 Å². The third-order valence-corrected chi connectivity index (χ3v) is 5.72. The number of aromatic nitrogens is 1. The van der Waals surface area contributed by atoms with Gasteiger partial charge in [-0.25, -0.2) is 0 Å². The summed E-state index contributed by atoms with van der Waals surface area (Å²) in [4.78, 5) is 20.0. The Labute approximate surface area is 165 Å². The van der Waals surface area contributed by atoms with Gasteiger partial charge in [-0.05, 0) is 61.9 Å². The second-order valence-electron chi connectivity index (χ2n) is 7.18. The zero-order chi connectivity index (χ0) is 19.0. The van der Waals surface area contributed by atoms with Gasteiger partial charge in [0, 0.05) is 28.9 Å². The third kappa shape index (κ3) is 3.21. The van der Waals surface area contributed by atoms with Gasteiger partial charge in [0.1, 0.15) is 0 Å². The van der Waals surface area contributed by atoms with Crippen molar-refractivity contribution >= 4 is 34.1 Å². The fraction of sp³-hybridized carbons (Fsp3) is 0.304. The summed E-state index contributed by atoms with van der Waals surface area (Å²) in [5, 5.41) is 1.74. The van der Waals surface area contributed by atoms with Crippen LogP contribution in [0.5, 0.6) is 0 Å². The van der Waals surface area contributed by atoms with Gasteiger partial charge in [-0.1, -0.05) is 42.8 Å². The minimum Gasteiger partial charge on any atom is -0.308 e. The van der Waals surface area contributed by atoms with Crippen LogP contribution in [0, 0.1) is 6.92 Å². The van der Waals surface area contributed by atoms with Crippen LogP contribution in [0.3, 0.4) is 0 Å². The van der Waals surface area contributed by atoms with Crippen LogP contribution in [0.15, 0.2) is 42.5 Å². The Kier molecular flexibility index (Phi) is 4.88. The van der Waals surface area contributed by atoms with Gasteiger partial charge in [0.15, 0.2) is 0 Å². The number of rotatable bonds is 4. The summed E-state index contributed by atoms with van der Waals surface area (Å²) in [6, 6.07) is 13.7. The molecule has 0 atom stereocenters. The normalized spacial score (nSPS) is 13.0. The maximum absolute atomic E-state index is 13.3. The first kappa shape index (κ1) is 18.0. The average Bonchev–Trinajstić information content (AvgIpc) is 3.15. The number of halogens is 1. The van der Waals surface area contributed by atoms with Gasteiger partial charge in [-0.2, -0.15) is 0 Å². The van der Waals surface area contributed by atoms with Crippen molar-refractivity contribution in [1.29, 1.82) is 0 Å². The molecular weight excluding hydrogens is 356 g/mol. The number of fused-ring (bicyclic) bond motifs is 2. The Hall–Kier alpha value is -2.39. The molecule has 0 spiro atoms. The van der Waals surface area contributed by atoms with Crippen LogP contribution in [0.25, 0.3) is 10.9 Å².